The Kier molecular flexibility index (Phi) is 62.8. The zero-order valence-electron chi connectivity index (χ0n) is 59.3. The Labute approximate surface area is 561 Å². The molecule has 0 aliphatic carbocycles. The van der Waals surface area contributed by atoms with Gasteiger partial charge in [0.05, 0.1) is 26.4 Å². The summed E-state index contributed by atoms with van der Waals surface area (Å²) in [6, 6.07) is 0. The van der Waals surface area contributed by atoms with Gasteiger partial charge in [0.1, 0.15) is 19.3 Å². The molecule has 0 aliphatic rings. The highest BCUT2D eigenvalue weighted by Gasteiger charge is 2.30. The lowest BCUT2D eigenvalue weighted by Gasteiger charge is -2.21. The van der Waals surface area contributed by atoms with Crippen LogP contribution in [0.4, 0.5) is 0 Å². The number of carbonyl (C=O) groups is 4. The first-order valence-corrected chi connectivity index (χ1v) is 40.3. The van der Waals surface area contributed by atoms with Crippen molar-refractivity contribution >= 4 is 39.5 Å². The minimum Gasteiger partial charge on any atom is -0.462 e. The monoisotopic (exact) mass is 1350 g/mol. The van der Waals surface area contributed by atoms with Gasteiger partial charge >= 0.3 is 39.5 Å². The summed E-state index contributed by atoms with van der Waals surface area (Å²) < 4.78 is 68.3. The van der Waals surface area contributed by atoms with Crippen molar-refractivity contribution in [2.75, 3.05) is 39.6 Å². The minimum atomic E-state index is -4.96. The zero-order chi connectivity index (χ0) is 67.9. The normalized spacial score (nSPS) is 14.2. The smallest absolute Gasteiger partial charge is 0.462 e. The maximum atomic E-state index is 13.0. The molecule has 0 bridgehead atoms. The summed E-state index contributed by atoms with van der Waals surface area (Å²) in [4.78, 5) is 72.6. The van der Waals surface area contributed by atoms with Crippen LogP contribution in [0, 0.1) is 11.8 Å². The van der Waals surface area contributed by atoms with Crippen molar-refractivity contribution in [3.8, 4) is 0 Å². The van der Waals surface area contributed by atoms with Crippen LogP contribution in [0.15, 0.2) is 24.3 Å². The van der Waals surface area contributed by atoms with Crippen LogP contribution in [0.2, 0.25) is 0 Å². The Balaban J connectivity index is 5.29. The maximum absolute atomic E-state index is 13.0. The average molecular weight is 1350 g/mol. The fraction of sp³-hybridized carbons (Fsp3) is 0.890. The number of carbonyl (C=O) groups excluding carboxylic acids is 4. The number of aliphatic hydroxyl groups excluding tert-OH is 1. The summed E-state index contributed by atoms with van der Waals surface area (Å²) in [6.07, 6.45) is 53.6. The zero-order valence-corrected chi connectivity index (χ0v) is 61.1. The fourth-order valence-corrected chi connectivity index (χ4v) is 12.2. The van der Waals surface area contributed by atoms with Crippen LogP contribution in [0.25, 0.3) is 0 Å². The van der Waals surface area contributed by atoms with Gasteiger partial charge < -0.3 is 33.8 Å². The van der Waals surface area contributed by atoms with Crippen LogP contribution in [0.5, 0.6) is 0 Å². The Morgan fingerprint density at radius 2 is 0.587 bits per heavy atom. The molecule has 0 radical (unpaired) electrons. The molecule has 5 atom stereocenters. The molecule has 0 spiro atoms. The van der Waals surface area contributed by atoms with Gasteiger partial charge in [0.25, 0.3) is 0 Å². The van der Waals surface area contributed by atoms with Crippen molar-refractivity contribution in [3.05, 3.63) is 24.3 Å². The number of rotatable bonds is 70. The maximum Gasteiger partial charge on any atom is 0.472 e. The lowest BCUT2D eigenvalue weighted by atomic mass is 10.0. The average Bonchev–Trinajstić information content (AvgIpc) is 1.85. The number of unbranched alkanes of at least 4 members (excludes halogenated alkanes) is 37. The predicted octanol–water partition coefficient (Wildman–Crippen LogP) is 20.7. The highest BCUT2D eigenvalue weighted by atomic mass is 31.2. The standard InChI is InChI=1S/C73H138O17P2/c1-7-9-11-13-15-17-19-21-23-25-27-29-37-43-49-55-70(75)83-61-68(89-72(77)57-51-45-39-30-28-26-24-22-20-18-16-14-12-10-8-2)63-87-91(79,80)85-59-67(74)60-86-92(81,82)88-64-69(90-73(78)58-52-46-40-34-32-36-42-48-54-66(5)6)62-84-71(76)56-50-44-38-33-31-35-41-47-53-65(3)4/h18,20,22,24,65-69,74H,7-17,19,21,23,25-64H2,1-6H3,(H,79,80)(H,81,82)/b20-18-,24-22-/t67-,68-,69-/m1/s1. The van der Waals surface area contributed by atoms with E-state index in [2.05, 4.69) is 65.8 Å². The molecule has 0 rings (SSSR count). The Morgan fingerprint density at radius 3 is 0.891 bits per heavy atom. The summed E-state index contributed by atoms with van der Waals surface area (Å²) in [7, 11) is -9.92. The van der Waals surface area contributed by atoms with Crippen LogP contribution >= 0.6 is 15.6 Å². The van der Waals surface area contributed by atoms with E-state index in [1.165, 1.54) is 154 Å². The van der Waals surface area contributed by atoms with Crippen LogP contribution in [-0.2, 0) is 65.4 Å². The number of hydrogen-bond acceptors (Lipinski definition) is 15. The molecular formula is C73H138O17P2. The van der Waals surface area contributed by atoms with Gasteiger partial charge in [-0.2, -0.15) is 0 Å². The second-order valence-electron chi connectivity index (χ2n) is 26.6. The van der Waals surface area contributed by atoms with E-state index >= 15 is 0 Å². The van der Waals surface area contributed by atoms with Crippen molar-refractivity contribution in [2.24, 2.45) is 11.8 Å². The van der Waals surface area contributed by atoms with Gasteiger partial charge in [-0.05, 0) is 63.2 Å². The number of phosphoric acid groups is 2. The first-order valence-electron chi connectivity index (χ1n) is 37.3. The SMILES string of the molecule is CCCCCC/C=C\C=C/CCCCCCCC(=O)O[C@H](COC(=O)CCCCCCCCCCCCCCCCC)COP(=O)(O)OC[C@@H](O)COP(=O)(O)OC[C@@H](COC(=O)CCCCCCCCCCC(C)C)OC(=O)CCCCCCCCCCC(C)C. The molecule has 92 heavy (non-hydrogen) atoms. The highest BCUT2D eigenvalue weighted by Crippen LogP contribution is 2.45. The second-order valence-corrected chi connectivity index (χ2v) is 29.5. The molecule has 0 aliphatic heterocycles. The summed E-state index contributed by atoms with van der Waals surface area (Å²) in [5.41, 5.74) is 0. The molecule has 0 aromatic carbocycles. The molecule has 3 N–H and O–H groups in total. The molecule has 0 aromatic heterocycles. The lowest BCUT2D eigenvalue weighted by Crippen LogP contribution is -2.30. The van der Waals surface area contributed by atoms with E-state index in [1.807, 2.05) is 0 Å². The van der Waals surface area contributed by atoms with Crippen LogP contribution in [0.3, 0.4) is 0 Å². The Morgan fingerprint density at radius 1 is 0.337 bits per heavy atom. The molecule has 0 saturated carbocycles. The van der Waals surface area contributed by atoms with E-state index < -0.39 is 97.5 Å². The van der Waals surface area contributed by atoms with Gasteiger partial charge in [0.15, 0.2) is 12.2 Å². The Bertz CT molecular complexity index is 1880. The highest BCUT2D eigenvalue weighted by molar-refractivity contribution is 7.47. The second kappa shape index (κ2) is 64.5. The van der Waals surface area contributed by atoms with E-state index in [-0.39, 0.29) is 25.7 Å². The Hall–Kier alpha value is -2.46. The van der Waals surface area contributed by atoms with Crippen LogP contribution in [0.1, 0.15) is 350 Å². The molecule has 0 heterocycles. The quantitative estimate of drug-likeness (QED) is 0.0169. The van der Waals surface area contributed by atoms with Gasteiger partial charge in [-0.25, -0.2) is 9.13 Å². The molecule has 0 fully saturated rings. The number of aliphatic hydroxyl groups is 1. The van der Waals surface area contributed by atoms with Crippen molar-refractivity contribution < 1.29 is 80.2 Å². The molecule has 0 amide bonds. The van der Waals surface area contributed by atoms with Gasteiger partial charge in [-0.1, -0.05) is 297 Å². The lowest BCUT2D eigenvalue weighted by molar-refractivity contribution is -0.161. The summed E-state index contributed by atoms with van der Waals surface area (Å²) in [5, 5.41) is 10.6. The molecule has 542 valence electrons. The first kappa shape index (κ1) is 89.5. The number of allylic oxidation sites excluding steroid dienone is 4. The van der Waals surface area contributed by atoms with Crippen molar-refractivity contribution in [1.29, 1.82) is 0 Å². The topological polar surface area (TPSA) is 237 Å². The summed E-state index contributed by atoms with van der Waals surface area (Å²) in [6.45, 7) is 9.43. The third-order valence-electron chi connectivity index (χ3n) is 16.3. The van der Waals surface area contributed by atoms with E-state index in [0.717, 1.165) is 109 Å². The number of hydrogen-bond donors (Lipinski definition) is 3. The van der Waals surface area contributed by atoms with Crippen LogP contribution < -0.4 is 0 Å². The molecule has 19 heteroatoms. The molecule has 0 aromatic rings. The number of phosphoric ester groups is 2. The number of esters is 4. The van der Waals surface area contributed by atoms with Crippen LogP contribution in [-0.4, -0.2) is 96.7 Å². The largest absolute Gasteiger partial charge is 0.472 e. The minimum absolute atomic E-state index is 0.0852. The van der Waals surface area contributed by atoms with E-state index in [4.69, 9.17) is 37.0 Å². The van der Waals surface area contributed by atoms with Gasteiger partial charge in [-0.3, -0.25) is 37.3 Å². The van der Waals surface area contributed by atoms with E-state index in [9.17, 15) is 43.2 Å². The fourth-order valence-electron chi connectivity index (χ4n) is 10.6. The van der Waals surface area contributed by atoms with Gasteiger partial charge in [0.2, 0.25) is 0 Å². The number of ether oxygens (including phenoxy) is 4. The van der Waals surface area contributed by atoms with E-state index in [1.54, 1.807) is 0 Å². The van der Waals surface area contributed by atoms with Crippen molar-refractivity contribution in [1.82, 2.24) is 0 Å². The molecular weight excluding hydrogens is 1210 g/mol. The first-order chi connectivity index (χ1) is 44.4. The summed E-state index contributed by atoms with van der Waals surface area (Å²) in [5.74, 6) is -0.711. The molecule has 2 unspecified atom stereocenters. The predicted molar refractivity (Wildman–Crippen MR) is 372 cm³/mol. The third-order valence-corrected chi connectivity index (χ3v) is 18.2. The van der Waals surface area contributed by atoms with E-state index in [0.29, 0.717) is 31.6 Å². The molecule has 0 saturated heterocycles. The summed E-state index contributed by atoms with van der Waals surface area (Å²) >= 11 is 0. The van der Waals surface area contributed by atoms with Gasteiger partial charge in [0, 0.05) is 25.7 Å². The third kappa shape index (κ3) is 66.2. The van der Waals surface area contributed by atoms with Crippen molar-refractivity contribution in [2.45, 2.75) is 368 Å². The van der Waals surface area contributed by atoms with Gasteiger partial charge in [-0.15, -0.1) is 0 Å². The van der Waals surface area contributed by atoms with Crippen molar-refractivity contribution in [3.63, 3.8) is 0 Å². The molecule has 17 nitrogen and oxygen atoms in total.